The number of amides is 2. The topological polar surface area (TPSA) is 67.4 Å². The molecule has 0 aromatic heterocycles. The van der Waals surface area contributed by atoms with Crippen molar-refractivity contribution in [3.63, 3.8) is 0 Å². The Bertz CT molecular complexity index is 1090. The van der Waals surface area contributed by atoms with Crippen LogP contribution in [0.2, 0.25) is 5.02 Å². The van der Waals surface area contributed by atoms with Crippen molar-refractivity contribution < 1.29 is 14.3 Å². The van der Waals surface area contributed by atoms with Crippen LogP contribution >= 0.6 is 23.4 Å². The second-order valence-electron chi connectivity index (χ2n) is 7.85. The molecule has 5 nitrogen and oxygen atoms in total. The minimum Gasteiger partial charge on any atom is -0.494 e. The van der Waals surface area contributed by atoms with E-state index in [0.717, 1.165) is 34.7 Å². The van der Waals surface area contributed by atoms with Crippen molar-refractivity contribution in [2.24, 2.45) is 0 Å². The monoisotopic (exact) mass is 496 g/mol. The van der Waals surface area contributed by atoms with Crippen LogP contribution in [0.25, 0.3) is 0 Å². The summed E-state index contributed by atoms with van der Waals surface area (Å²) in [6.45, 7) is 4.67. The van der Waals surface area contributed by atoms with Crippen LogP contribution in [0.3, 0.4) is 0 Å². The SMILES string of the molecule is CCCCOc1ccc(NC(=O)C(C)Sc2cccc(NC(=O)Cc3ccc(Cl)cc3)c2)cc1. The van der Waals surface area contributed by atoms with Crippen molar-refractivity contribution >= 4 is 46.6 Å². The van der Waals surface area contributed by atoms with Gasteiger partial charge in [0.05, 0.1) is 18.3 Å². The molecule has 0 saturated carbocycles. The van der Waals surface area contributed by atoms with Crippen molar-refractivity contribution in [1.29, 1.82) is 0 Å². The van der Waals surface area contributed by atoms with Gasteiger partial charge in [-0.25, -0.2) is 0 Å². The van der Waals surface area contributed by atoms with E-state index in [-0.39, 0.29) is 23.5 Å². The molecule has 178 valence electrons. The fourth-order valence-corrected chi connectivity index (χ4v) is 4.16. The Morgan fingerprint density at radius 2 is 1.71 bits per heavy atom. The van der Waals surface area contributed by atoms with Gasteiger partial charge in [-0.2, -0.15) is 0 Å². The zero-order valence-electron chi connectivity index (χ0n) is 19.3. The number of anilines is 2. The summed E-state index contributed by atoms with van der Waals surface area (Å²) in [4.78, 5) is 25.9. The largest absolute Gasteiger partial charge is 0.494 e. The second-order valence-corrected chi connectivity index (χ2v) is 9.71. The van der Waals surface area contributed by atoms with Crippen LogP contribution in [-0.4, -0.2) is 23.7 Å². The van der Waals surface area contributed by atoms with E-state index in [2.05, 4.69) is 17.6 Å². The van der Waals surface area contributed by atoms with E-state index in [9.17, 15) is 9.59 Å². The van der Waals surface area contributed by atoms with Crippen molar-refractivity contribution in [3.8, 4) is 5.75 Å². The number of thioether (sulfide) groups is 1. The lowest BCUT2D eigenvalue weighted by molar-refractivity contribution is -0.116. The molecule has 0 aliphatic heterocycles. The molecule has 3 aromatic carbocycles. The summed E-state index contributed by atoms with van der Waals surface area (Å²) in [6, 6.07) is 22.1. The van der Waals surface area contributed by atoms with Crippen molar-refractivity contribution in [1.82, 2.24) is 0 Å². The van der Waals surface area contributed by atoms with E-state index in [1.54, 1.807) is 12.1 Å². The lowest BCUT2D eigenvalue weighted by Gasteiger charge is -2.13. The first kappa shape index (κ1) is 25.7. The fourth-order valence-electron chi connectivity index (χ4n) is 3.11. The fraction of sp³-hybridized carbons (Fsp3) is 0.259. The van der Waals surface area contributed by atoms with Crippen LogP contribution in [-0.2, 0) is 16.0 Å². The molecule has 0 aliphatic rings. The zero-order valence-corrected chi connectivity index (χ0v) is 20.9. The number of hydrogen-bond donors (Lipinski definition) is 2. The van der Waals surface area contributed by atoms with Gasteiger partial charge in [-0.1, -0.05) is 43.1 Å². The third-order valence-corrected chi connectivity index (χ3v) is 6.31. The predicted molar refractivity (Wildman–Crippen MR) is 141 cm³/mol. The molecular weight excluding hydrogens is 468 g/mol. The molecule has 3 aromatic rings. The first-order valence-corrected chi connectivity index (χ1v) is 12.5. The summed E-state index contributed by atoms with van der Waals surface area (Å²) in [5.74, 6) is 0.586. The van der Waals surface area contributed by atoms with Crippen LogP contribution in [0.15, 0.2) is 77.7 Å². The molecule has 7 heteroatoms. The van der Waals surface area contributed by atoms with E-state index in [1.807, 2.05) is 67.6 Å². The molecule has 1 unspecified atom stereocenters. The molecule has 0 spiro atoms. The number of ether oxygens (including phenoxy) is 1. The Kier molecular flexibility index (Phi) is 9.86. The smallest absolute Gasteiger partial charge is 0.237 e. The summed E-state index contributed by atoms with van der Waals surface area (Å²) in [7, 11) is 0. The Morgan fingerprint density at radius 1 is 0.971 bits per heavy atom. The highest BCUT2D eigenvalue weighted by Crippen LogP contribution is 2.27. The normalized spacial score (nSPS) is 11.5. The predicted octanol–water partition coefficient (Wildman–Crippen LogP) is 6.82. The van der Waals surface area contributed by atoms with Crippen molar-refractivity contribution in [3.05, 3.63) is 83.4 Å². The highest BCUT2D eigenvalue weighted by atomic mass is 35.5. The number of nitrogens with one attached hydrogen (secondary N) is 2. The minimum atomic E-state index is -0.319. The molecule has 0 aliphatic carbocycles. The summed E-state index contributed by atoms with van der Waals surface area (Å²) in [5.41, 5.74) is 2.30. The highest BCUT2D eigenvalue weighted by Gasteiger charge is 2.15. The standard InChI is InChI=1S/C27H29ClN2O3S/c1-3-4-16-33-24-14-12-22(13-15-24)30-27(32)19(2)34-25-7-5-6-23(18-25)29-26(31)17-20-8-10-21(28)11-9-20/h5-15,18-19H,3-4,16-17H2,1-2H3,(H,29,31)(H,30,32). The maximum Gasteiger partial charge on any atom is 0.237 e. The maximum atomic E-state index is 12.7. The van der Waals surface area contributed by atoms with Gasteiger partial charge in [-0.05, 0) is 73.5 Å². The molecule has 2 N–H and O–H groups in total. The van der Waals surface area contributed by atoms with Crippen LogP contribution in [0.5, 0.6) is 5.75 Å². The number of carbonyl (C=O) groups is 2. The molecule has 3 rings (SSSR count). The third kappa shape index (κ3) is 8.43. The Morgan fingerprint density at radius 3 is 2.41 bits per heavy atom. The number of benzene rings is 3. The van der Waals surface area contributed by atoms with E-state index < -0.39 is 0 Å². The molecule has 1 atom stereocenters. The summed E-state index contributed by atoms with van der Waals surface area (Å²) < 4.78 is 5.66. The zero-order chi connectivity index (χ0) is 24.3. The average molecular weight is 497 g/mol. The first-order chi connectivity index (χ1) is 16.4. The molecular formula is C27H29ClN2O3S. The van der Waals surface area contributed by atoms with Crippen LogP contribution < -0.4 is 15.4 Å². The number of carbonyl (C=O) groups excluding carboxylic acids is 2. The van der Waals surface area contributed by atoms with Gasteiger partial charge in [0.25, 0.3) is 0 Å². The molecule has 2 amide bonds. The molecule has 0 heterocycles. The Labute approximate surface area is 210 Å². The van der Waals surface area contributed by atoms with Crippen LogP contribution in [0.4, 0.5) is 11.4 Å². The van der Waals surface area contributed by atoms with Crippen LogP contribution in [0, 0.1) is 0 Å². The van der Waals surface area contributed by atoms with Gasteiger partial charge in [0.1, 0.15) is 5.75 Å². The summed E-state index contributed by atoms with van der Waals surface area (Å²) >= 11 is 7.33. The molecule has 0 radical (unpaired) electrons. The quantitative estimate of drug-likeness (QED) is 0.226. The van der Waals surface area contributed by atoms with Gasteiger partial charge < -0.3 is 15.4 Å². The van der Waals surface area contributed by atoms with Gasteiger partial charge in [-0.3, -0.25) is 9.59 Å². The Hall–Kier alpha value is -2.96. The molecule has 34 heavy (non-hydrogen) atoms. The van der Waals surface area contributed by atoms with Gasteiger partial charge in [0.15, 0.2) is 0 Å². The van der Waals surface area contributed by atoms with E-state index in [1.165, 1.54) is 11.8 Å². The number of rotatable bonds is 11. The lowest BCUT2D eigenvalue weighted by Crippen LogP contribution is -2.22. The van der Waals surface area contributed by atoms with Gasteiger partial charge in [-0.15, -0.1) is 11.8 Å². The van der Waals surface area contributed by atoms with Crippen LogP contribution in [0.1, 0.15) is 32.3 Å². The Balaban J connectivity index is 1.50. The third-order valence-electron chi connectivity index (χ3n) is 4.97. The lowest BCUT2D eigenvalue weighted by atomic mass is 10.1. The van der Waals surface area contributed by atoms with Gasteiger partial charge >= 0.3 is 0 Å². The average Bonchev–Trinajstić information content (AvgIpc) is 2.82. The number of halogens is 1. The van der Waals surface area contributed by atoms with Gasteiger partial charge in [0.2, 0.25) is 11.8 Å². The molecule has 0 saturated heterocycles. The van der Waals surface area contributed by atoms with Gasteiger partial charge in [0, 0.05) is 21.3 Å². The number of unbranched alkanes of at least 4 members (excludes halogenated alkanes) is 1. The maximum absolute atomic E-state index is 12.7. The first-order valence-electron chi connectivity index (χ1n) is 11.3. The van der Waals surface area contributed by atoms with E-state index >= 15 is 0 Å². The van der Waals surface area contributed by atoms with Crippen molar-refractivity contribution in [2.75, 3.05) is 17.2 Å². The number of hydrogen-bond acceptors (Lipinski definition) is 4. The van der Waals surface area contributed by atoms with Crippen molar-refractivity contribution in [2.45, 2.75) is 43.3 Å². The second kappa shape index (κ2) is 13.1. The molecule has 0 bridgehead atoms. The highest BCUT2D eigenvalue weighted by molar-refractivity contribution is 8.00. The summed E-state index contributed by atoms with van der Waals surface area (Å²) in [5, 5.41) is 6.17. The van der Waals surface area contributed by atoms with E-state index in [0.29, 0.717) is 17.3 Å². The summed E-state index contributed by atoms with van der Waals surface area (Å²) in [6.07, 6.45) is 2.36. The molecule has 0 fully saturated rings. The van der Waals surface area contributed by atoms with E-state index in [4.69, 9.17) is 16.3 Å². The minimum absolute atomic E-state index is 0.0955.